The van der Waals surface area contributed by atoms with Crippen molar-refractivity contribution in [3.05, 3.63) is 24.3 Å². The maximum Gasteiger partial charge on any atom is 0.239 e. The van der Waals surface area contributed by atoms with Crippen LogP contribution in [-0.2, 0) is 4.79 Å². The number of piperidine rings is 1. The number of carbonyl (C=O) groups excluding carboxylic acids is 1. The summed E-state index contributed by atoms with van der Waals surface area (Å²) in [5.74, 6) is 1.20. The first-order valence-electron chi connectivity index (χ1n) is 9.11. The molecule has 2 heterocycles. The van der Waals surface area contributed by atoms with Gasteiger partial charge in [-0.2, -0.15) is 0 Å². The maximum atomic E-state index is 12.7. The molecular formula is C19H29N3O2. The summed E-state index contributed by atoms with van der Waals surface area (Å²) in [4.78, 5) is 19.4. The highest BCUT2D eigenvalue weighted by atomic mass is 16.5. The molecule has 0 radical (unpaired) electrons. The van der Waals surface area contributed by atoms with Gasteiger partial charge in [0.25, 0.3) is 0 Å². The molecule has 5 heteroatoms. The zero-order valence-electron chi connectivity index (χ0n) is 14.9. The van der Waals surface area contributed by atoms with Gasteiger partial charge in [-0.3, -0.25) is 9.69 Å². The Balaban J connectivity index is 1.52. The van der Waals surface area contributed by atoms with Gasteiger partial charge in [-0.25, -0.2) is 0 Å². The van der Waals surface area contributed by atoms with Crippen molar-refractivity contribution in [2.45, 2.75) is 32.2 Å². The monoisotopic (exact) mass is 331 g/mol. The number of nitrogens with zero attached hydrogens (tertiary/aromatic N) is 3. The molecule has 0 spiro atoms. The van der Waals surface area contributed by atoms with Crippen LogP contribution in [0.3, 0.4) is 0 Å². The van der Waals surface area contributed by atoms with Crippen LogP contribution in [0.15, 0.2) is 24.3 Å². The molecule has 1 amide bonds. The molecule has 5 nitrogen and oxygen atoms in total. The molecule has 24 heavy (non-hydrogen) atoms. The van der Waals surface area contributed by atoms with E-state index < -0.39 is 0 Å². The van der Waals surface area contributed by atoms with E-state index in [4.69, 9.17) is 4.74 Å². The van der Waals surface area contributed by atoms with Crippen molar-refractivity contribution in [1.82, 2.24) is 9.80 Å². The molecule has 1 unspecified atom stereocenters. The molecule has 0 aromatic heterocycles. The highest BCUT2D eigenvalue weighted by Gasteiger charge is 2.29. The number of piperazine rings is 1. The summed E-state index contributed by atoms with van der Waals surface area (Å²) in [6, 6.07) is 8.23. The van der Waals surface area contributed by atoms with Crippen molar-refractivity contribution in [3.63, 3.8) is 0 Å². The molecule has 1 atom stereocenters. The van der Waals surface area contributed by atoms with Gasteiger partial charge in [0.1, 0.15) is 5.75 Å². The lowest BCUT2D eigenvalue weighted by Crippen LogP contribution is -2.55. The van der Waals surface area contributed by atoms with E-state index in [0.29, 0.717) is 5.91 Å². The zero-order valence-corrected chi connectivity index (χ0v) is 14.9. The van der Waals surface area contributed by atoms with Crippen LogP contribution in [0.25, 0.3) is 0 Å². The standard InChI is InChI=1S/C19H29N3O2/c1-16(19(23)22-10-4-3-5-11-22)20-12-14-21(15-13-20)17-6-8-18(24-2)9-7-17/h6-9,16H,3-5,10-15H2,1-2H3. The summed E-state index contributed by atoms with van der Waals surface area (Å²) >= 11 is 0. The van der Waals surface area contributed by atoms with E-state index in [1.807, 2.05) is 12.1 Å². The van der Waals surface area contributed by atoms with E-state index in [1.165, 1.54) is 12.1 Å². The predicted molar refractivity (Wildman–Crippen MR) is 96.7 cm³/mol. The minimum absolute atomic E-state index is 0.00103. The lowest BCUT2D eigenvalue weighted by atomic mass is 10.1. The van der Waals surface area contributed by atoms with Crippen LogP contribution in [0.5, 0.6) is 5.75 Å². The highest BCUT2D eigenvalue weighted by Crippen LogP contribution is 2.21. The molecule has 2 saturated heterocycles. The summed E-state index contributed by atoms with van der Waals surface area (Å²) < 4.78 is 5.22. The van der Waals surface area contributed by atoms with Gasteiger partial charge in [0.2, 0.25) is 5.91 Å². The second-order valence-electron chi connectivity index (χ2n) is 6.78. The largest absolute Gasteiger partial charge is 0.497 e. The van der Waals surface area contributed by atoms with Crippen LogP contribution >= 0.6 is 0 Å². The molecule has 0 N–H and O–H groups in total. The van der Waals surface area contributed by atoms with Gasteiger partial charge in [-0.1, -0.05) is 0 Å². The van der Waals surface area contributed by atoms with Crippen LogP contribution in [0.1, 0.15) is 26.2 Å². The smallest absolute Gasteiger partial charge is 0.239 e. The average Bonchev–Trinajstić information content (AvgIpc) is 2.68. The van der Waals surface area contributed by atoms with Gasteiger partial charge in [0, 0.05) is 45.0 Å². The van der Waals surface area contributed by atoms with Crippen molar-refractivity contribution in [1.29, 1.82) is 0 Å². The molecule has 2 aliphatic rings. The van der Waals surface area contributed by atoms with Gasteiger partial charge in [0.05, 0.1) is 13.2 Å². The average molecular weight is 331 g/mol. The van der Waals surface area contributed by atoms with Crippen LogP contribution in [-0.4, -0.2) is 68.1 Å². The van der Waals surface area contributed by atoms with E-state index in [-0.39, 0.29) is 6.04 Å². The fourth-order valence-corrected chi connectivity index (χ4v) is 3.70. The fraction of sp³-hybridized carbons (Fsp3) is 0.632. The molecule has 132 valence electrons. The van der Waals surface area contributed by atoms with Crippen LogP contribution < -0.4 is 9.64 Å². The topological polar surface area (TPSA) is 36.0 Å². The Morgan fingerprint density at radius 2 is 1.58 bits per heavy atom. The second kappa shape index (κ2) is 7.88. The van der Waals surface area contributed by atoms with Gasteiger partial charge in [-0.15, -0.1) is 0 Å². The molecule has 0 bridgehead atoms. The maximum absolute atomic E-state index is 12.7. The van der Waals surface area contributed by atoms with Gasteiger partial charge in [0.15, 0.2) is 0 Å². The SMILES string of the molecule is COc1ccc(N2CCN(C(C)C(=O)N3CCCCC3)CC2)cc1. The van der Waals surface area contributed by atoms with Crippen LogP contribution in [0.2, 0.25) is 0 Å². The number of methoxy groups -OCH3 is 1. The van der Waals surface area contributed by atoms with Crippen molar-refractivity contribution in [2.24, 2.45) is 0 Å². The Kier molecular flexibility index (Phi) is 5.61. The van der Waals surface area contributed by atoms with Crippen molar-refractivity contribution in [2.75, 3.05) is 51.3 Å². The van der Waals surface area contributed by atoms with Crippen LogP contribution in [0, 0.1) is 0 Å². The molecule has 3 rings (SSSR count). The van der Waals surface area contributed by atoms with E-state index in [0.717, 1.165) is 57.9 Å². The molecule has 1 aromatic carbocycles. The normalized spacial score (nSPS) is 20.8. The first-order chi connectivity index (χ1) is 11.7. The number of hydrogen-bond donors (Lipinski definition) is 0. The minimum atomic E-state index is 0.00103. The minimum Gasteiger partial charge on any atom is -0.497 e. The summed E-state index contributed by atoms with van der Waals surface area (Å²) in [6.45, 7) is 7.75. The first kappa shape index (κ1) is 17.1. The third-order valence-corrected chi connectivity index (χ3v) is 5.32. The number of rotatable bonds is 4. The van der Waals surface area contributed by atoms with E-state index in [2.05, 4.69) is 33.8 Å². The summed E-state index contributed by atoms with van der Waals surface area (Å²) in [7, 11) is 1.69. The van der Waals surface area contributed by atoms with Crippen molar-refractivity contribution >= 4 is 11.6 Å². The number of hydrogen-bond acceptors (Lipinski definition) is 4. The first-order valence-corrected chi connectivity index (χ1v) is 9.11. The number of likely N-dealkylation sites (tertiary alicyclic amines) is 1. The Morgan fingerprint density at radius 3 is 2.17 bits per heavy atom. The predicted octanol–water partition coefficient (Wildman–Crippen LogP) is 2.22. The van der Waals surface area contributed by atoms with E-state index in [1.54, 1.807) is 7.11 Å². The summed E-state index contributed by atoms with van der Waals surface area (Å²) in [6.07, 6.45) is 3.58. The Labute approximate surface area is 145 Å². The molecule has 0 saturated carbocycles. The van der Waals surface area contributed by atoms with Gasteiger partial charge >= 0.3 is 0 Å². The Bertz CT molecular complexity index is 532. The van der Waals surface area contributed by atoms with Crippen LogP contribution in [0.4, 0.5) is 5.69 Å². The number of carbonyl (C=O) groups is 1. The molecule has 0 aliphatic carbocycles. The Morgan fingerprint density at radius 1 is 0.958 bits per heavy atom. The fourth-order valence-electron chi connectivity index (χ4n) is 3.70. The molecule has 1 aromatic rings. The molecule has 2 fully saturated rings. The van der Waals surface area contributed by atoms with Crippen molar-refractivity contribution < 1.29 is 9.53 Å². The second-order valence-corrected chi connectivity index (χ2v) is 6.78. The zero-order chi connectivity index (χ0) is 16.9. The third-order valence-electron chi connectivity index (χ3n) is 5.32. The number of amides is 1. The van der Waals surface area contributed by atoms with Crippen molar-refractivity contribution in [3.8, 4) is 5.75 Å². The number of anilines is 1. The molecular weight excluding hydrogens is 302 g/mol. The Hall–Kier alpha value is -1.75. The lowest BCUT2D eigenvalue weighted by Gasteiger charge is -2.40. The highest BCUT2D eigenvalue weighted by molar-refractivity contribution is 5.81. The quantitative estimate of drug-likeness (QED) is 0.848. The van der Waals surface area contributed by atoms with E-state index >= 15 is 0 Å². The van der Waals surface area contributed by atoms with E-state index in [9.17, 15) is 4.79 Å². The number of benzene rings is 1. The lowest BCUT2D eigenvalue weighted by molar-refractivity contribution is -0.137. The third kappa shape index (κ3) is 3.83. The number of ether oxygens (including phenoxy) is 1. The van der Waals surface area contributed by atoms with Gasteiger partial charge < -0.3 is 14.5 Å². The summed E-state index contributed by atoms with van der Waals surface area (Å²) in [5, 5.41) is 0. The van der Waals surface area contributed by atoms with Gasteiger partial charge in [-0.05, 0) is 50.5 Å². The molecule has 2 aliphatic heterocycles. The summed E-state index contributed by atoms with van der Waals surface area (Å²) in [5.41, 5.74) is 1.23.